The van der Waals surface area contributed by atoms with E-state index in [-0.39, 0.29) is 18.6 Å². The van der Waals surface area contributed by atoms with Crippen LogP contribution in [0, 0.1) is 5.92 Å². The summed E-state index contributed by atoms with van der Waals surface area (Å²) in [6.45, 7) is 0.804. The lowest BCUT2D eigenvalue weighted by Crippen LogP contribution is -2.39. The number of aromatic nitrogens is 2. The van der Waals surface area contributed by atoms with Crippen LogP contribution < -0.4 is 10.6 Å². The molecule has 0 radical (unpaired) electrons. The number of nitrogens with zero attached hydrogens (tertiary/aromatic N) is 2. The first-order valence-electron chi connectivity index (χ1n) is 6.67. The monoisotopic (exact) mass is 306 g/mol. The Labute approximate surface area is 127 Å². The van der Waals surface area contributed by atoms with E-state index in [1.165, 1.54) is 11.3 Å². The number of hydrogen-bond donors (Lipinski definition) is 3. The fraction of sp³-hybridized carbons (Fsp3) is 0.357. The van der Waals surface area contributed by atoms with Crippen LogP contribution in [-0.4, -0.2) is 34.3 Å². The summed E-state index contributed by atoms with van der Waals surface area (Å²) >= 11 is 1.49. The van der Waals surface area contributed by atoms with Crippen LogP contribution in [-0.2, 0) is 13.0 Å². The van der Waals surface area contributed by atoms with Gasteiger partial charge in [-0.1, -0.05) is 6.07 Å². The second-order valence-electron chi connectivity index (χ2n) is 4.62. The summed E-state index contributed by atoms with van der Waals surface area (Å²) in [5.74, 6) is -0.0510. The van der Waals surface area contributed by atoms with Crippen molar-refractivity contribution in [1.82, 2.24) is 20.6 Å². The van der Waals surface area contributed by atoms with Crippen molar-refractivity contribution in [3.63, 3.8) is 0 Å². The molecule has 7 heteroatoms. The molecule has 0 bridgehead atoms. The maximum absolute atomic E-state index is 11.7. The molecule has 0 aliphatic heterocycles. The standard InChI is InChI=1S/C14H18N4O2S/c19-8-11(5-12-3-1-2-4-15-12)6-16-14(20)17-7-13-9-21-10-18-13/h1-4,9-11,19H,5-8H2,(H2,16,17,20). The molecule has 112 valence electrons. The number of carbonyl (C=O) groups is 1. The molecule has 2 amide bonds. The quantitative estimate of drug-likeness (QED) is 0.717. The van der Waals surface area contributed by atoms with Gasteiger partial charge in [-0.15, -0.1) is 11.3 Å². The summed E-state index contributed by atoms with van der Waals surface area (Å²) in [4.78, 5) is 20.0. The highest BCUT2D eigenvalue weighted by atomic mass is 32.1. The third kappa shape index (κ3) is 5.49. The molecule has 0 aliphatic carbocycles. The van der Waals surface area contributed by atoms with Crippen LogP contribution in [0.3, 0.4) is 0 Å². The molecule has 2 heterocycles. The minimum Gasteiger partial charge on any atom is -0.396 e. The van der Waals surface area contributed by atoms with Gasteiger partial charge in [-0.05, 0) is 18.6 Å². The number of thiazole rings is 1. The summed E-state index contributed by atoms with van der Waals surface area (Å²) in [7, 11) is 0. The van der Waals surface area contributed by atoms with Crippen molar-refractivity contribution in [3.05, 3.63) is 46.7 Å². The van der Waals surface area contributed by atoms with Crippen LogP contribution in [0.5, 0.6) is 0 Å². The van der Waals surface area contributed by atoms with E-state index < -0.39 is 0 Å². The summed E-state index contributed by atoms with van der Waals surface area (Å²) in [6, 6.07) is 5.40. The molecular formula is C14H18N4O2S. The molecule has 0 fully saturated rings. The second-order valence-corrected chi connectivity index (χ2v) is 5.34. The van der Waals surface area contributed by atoms with Crippen molar-refractivity contribution in [2.24, 2.45) is 5.92 Å². The van der Waals surface area contributed by atoms with Crippen LogP contribution >= 0.6 is 11.3 Å². The van der Waals surface area contributed by atoms with Crippen molar-refractivity contribution >= 4 is 17.4 Å². The molecule has 2 rings (SSSR count). The van der Waals surface area contributed by atoms with Gasteiger partial charge in [0.15, 0.2) is 0 Å². The van der Waals surface area contributed by atoms with Gasteiger partial charge < -0.3 is 15.7 Å². The van der Waals surface area contributed by atoms with Crippen LogP contribution in [0.2, 0.25) is 0 Å². The molecule has 1 atom stereocenters. The Balaban J connectivity index is 1.71. The zero-order valence-corrected chi connectivity index (χ0v) is 12.3. The van der Waals surface area contributed by atoms with E-state index in [4.69, 9.17) is 0 Å². The Bertz CT molecular complexity index is 533. The highest BCUT2D eigenvalue weighted by Crippen LogP contribution is 2.05. The zero-order valence-electron chi connectivity index (χ0n) is 11.5. The normalized spacial score (nSPS) is 11.9. The maximum Gasteiger partial charge on any atom is 0.315 e. The number of rotatable bonds is 7. The van der Waals surface area contributed by atoms with Gasteiger partial charge in [0.05, 0.1) is 17.7 Å². The van der Waals surface area contributed by atoms with E-state index in [1.54, 1.807) is 11.7 Å². The number of hydrogen-bond acceptors (Lipinski definition) is 5. The number of amides is 2. The molecule has 2 aromatic rings. The molecule has 2 aromatic heterocycles. The van der Waals surface area contributed by atoms with E-state index in [2.05, 4.69) is 20.6 Å². The Morgan fingerprint density at radius 2 is 2.19 bits per heavy atom. The number of carbonyl (C=O) groups excluding carboxylic acids is 1. The number of nitrogens with one attached hydrogen (secondary N) is 2. The Morgan fingerprint density at radius 1 is 1.29 bits per heavy atom. The molecule has 6 nitrogen and oxygen atoms in total. The summed E-state index contributed by atoms with van der Waals surface area (Å²) < 4.78 is 0. The average molecular weight is 306 g/mol. The molecule has 21 heavy (non-hydrogen) atoms. The van der Waals surface area contributed by atoms with Crippen LogP contribution in [0.1, 0.15) is 11.4 Å². The fourth-order valence-electron chi connectivity index (χ4n) is 1.81. The highest BCUT2D eigenvalue weighted by molar-refractivity contribution is 7.07. The topological polar surface area (TPSA) is 87.1 Å². The van der Waals surface area contributed by atoms with Gasteiger partial charge in [-0.2, -0.15) is 0 Å². The van der Waals surface area contributed by atoms with Crippen molar-refractivity contribution in [2.75, 3.05) is 13.2 Å². The van der Waals surface area contributed by atoms with E-state index in [0.717, 1.165) is 11.4 Å². The summed E-state index contributed by atoms with van der Waals surface area (Å²) in [5, 5.41) is 16.7. The first-order chi connectivity index (χ1) is 10.3. The Hall–Kier alpha value is -1.99. The molecule has 3 N–H and O–H groups in total. The van der Waals surface area contributed by atoms with Crippen molar-refractivity contribution in [3.8, 4) is 0 Å². The van der Waals surface area contributed by atoms with Crippen molar-refractivity contribution < 1.29 is 9.90 Å². The average Bonchev–Trinajstić information content (AvgIpc) is 3.03. The second kappa shape index (κ2) is 8.33. The number of aliphatic hydroxyl groups is 1. The van der Waals surface area contributed by atoms with Crippen LogP contribution in [0.4, 0.5) is 4.79 Å². The minimum absolute atomic E-state index is 0.00292. The van der Waals surface area contributed by atoms with Crippen LogP contribution in [0.15, 0.2) is 35.3 Å². The smallest absolute Gasteiger partial charge is 0.315 e. The number of pyridine rings is 1. The molecule has 0 spiro atoms. The van der Waals surface area contributed by atoms with Gasteiger partial charge in [0, 0.05) is 36.3 Å². The van der Waals surface area contributed by atoms with Crippen molar-refractivity contribution in [2.45, 2.75) is 13.0 Å². The van der Waals surface area contributed by atoms with E-state index in [1.807, 2.05) is 23.6 Å². The first kappa shape index (κ1) is 15.4. The van der Waals surface area contributed by atoms with Gasteiger partial charge in [-0.25, -0.2) is 9.78 Å². The number of aliphatic hydroxyl groups excluding tert-OH is 1. The molecule has 0 aliphatic rings. The van der Waals surface area contributed by atoms with Gasteiger partial charge >= 0.3 is 6.03 Å². The van der Waals surface area contributed by atoms with Gasteiger partial charge in [-0.3, -0.25) is 4.98 Å². The van der Waals surface area contributed by atoms with Gasteiger partial charge in [0.1, 0.15) is 0 Å². The Morgan fingerprint density at radius 3 is 2.86 bits per heavy atom. The molecule has 0 aromatic carbocycles. The summed E-state index contributed by atoms with van der Waals surface area (Å²) in [6.07, 6.45) is 2.35. The SMILES string of the molecule is O=C(NCc1cscn1)NCC(CO)Cc1ccccn1. The number of urea groups is 1. The fourth-order valence-corrected chi connectivity index (χ4v) is 2.37. The largest absolute Gasteiger partial charge is 0.396 e. The van der Waals surface area contributed by atoms with Crippen molar-refractivity contribution in [1.29, 1.82) is 0 Å². The van der Waals surface area contributed by atoms with E-state index in [9.17, 15) is 9.90 Å². The van der Waals surface area contributed by atoms with E-state index >= 15 is 0 Å². The van der Waals surface area contributed by atoms with E-state index in [0.29, 0.717) is 19.5 Å². The molecular weight excluding hydrogens is 288 g/mol. The zero-order chi connectivity index (χ0) is 14.9. The lowest BCUT2D eigenvalue weighted by molar-refractivity contribution is 0.213. The lowest BCUT2D eigenvalue weighted by atomic mass is 10.0. The third-order valence-corrected chi connectivity index (χ3v) is 3.58. The summed E-state index contributed by atoms with van der Waals surface area (Å²) in [5.41, 5.74) is 3.47. The molecule has 1 unspecified atom stereocenters. The Kier molecular flexibility index (Phi) is 6.11. The lowest BCUT2D eigenvalue weighted by Gasteiger charge is -2.15. The highest BCUT2D eigenvalue weighted by Gasteiger charge is 2.11. The maximum atomic E-state index is 11.7. The third-order valence-electron chi connectivity index (χ3n) is 2.95. The molecule has 0 saturated carbocycles. The van der Waals surface area contributed by atoms with Crippen LogP contribution in [0.25, 0.3) is 0 Å². The van der Waals surface area contributed by atoms with Gasteiger partial charge in [0.2, 0.25) is 0 Å². The van der Waals surface area contributed by atoms with Gasteiger partial charge in [0.25, 0.3) is 0 Å². The first-order valence-corrected chi connectivity index (χ1v) is 7.61. The predicted octanol–water partition coefficient (Wildman–Crippen LogP) is 1.19. The molecule has 0 saturated heterocycles. The predicted molar refractivity (Wildman–Crippen MR) is 80.9 cm³/mol. The minimum atomic E-state index is -0.262.